The number of carbonyl (C=O) groups is 3. The van der Waals surface area contributed by atoms with Crippen molar-refractivity contribution in [2.75, 3.05) is 11.9 Å². The van der Waals surface area contributed by atoms with E-state index in [0.29, 0.717) is 0 Å². The smallest absolute Gasteiger partial charge is 0.353 e. The Kier molecular flexibility index (Phi) is 4.21. The minimum Gasteiger partial charge on any atom is -0.477 e. The maximum atomic E-state index is 11.3. The predicted octanol–water partition coefficient (Wildman–Crippen LogP) is -0.427. The van der Waals surface area contributed by atoms with Gasteiger partial charge in [-0.25, -0.2) is 4.79 Å². The van der Waals surface area contributed by atoms with Crippen molar-refractivity contribution in [2.45, 2.75) is 13.3 Å². The molecule has 1 aromatic rings. The third-order valence-corrected chi connectivity index (χ3v) is 1.80. The van der Waals surface area contributed by atoms with E-state index in [0.717, 1.165) is 0 Å². The van der Waals surface area contributed by atoms with Crippen LogP contribution in [-0.4, -0.2) is 39.6 Å². The largest absolute Gasteiger partial charge is 0.477 e. The number of nitrogens with zero attached hydrogens (tertiary/aromatic N) is 1. The number of hydrogen-bond acceptors (Lipinski definition) is 4. The molecule has 0 aromatic carbocycles. The summed E-state index contributed by atoms with van der Waals surface area (Å²) in [5.74, 6) is -1.60. The molecule has 0 aliphatic rings. The Morgan fingerprint density at radius 2 is 2.18 bits per heavy atom. The highest BCUT2D eigenvalue weighted by Crippen LogP contribution is 2.05. The molecule has 0 bridgehead atoms. The van der Waals surface area contributed by atoms with Crippen molar-refractivity contribution < 1.29 is 19.5 Å². The summed E-state index contributed by atoms with van der Waals surface area (Å²) in [6.07, 6.45) is 0.0921. The molecule has 0 aliphatic heterocycles. The van der Waals surface area contributed by atoms with Gasteiger partial charge in [0.15, 0.2) is 5.82 Å². The van der Waals surface area contributed by atoms with Gasteiger partial charge in [-0.3, -0.25) is 14.7 Å². The first-order valence-electron chi connectivity index (χ1n) is 4.82. The lowest BCUT2D eigenvalue weighted by Gasteiger charge is -2.01. The fraction of sp³-hybridized carbons (Fsp3) is 0.333. The Morgan fingerprint density at radius 3 is 2.71 bits per heavy atom. The van der Waals surface area contributed by atoms with Gasteiger partial charge < -0.3 is 15.7 Å². The maximum absolute atomic E-state index is 11.3. The van der Waals surface area contributed by atoms with Gasteiger partial charge in [0.1, 0.15) is 5.69 Å². The zero-order chi connectivity index (χ0) is 12.8. The normalized spacial score (nSPS) is 9.71. The molecule has 17 heavy (non-hydrogen) atoms. The van der Waals surface area contributed by atoms with E-state index in [4.69, 9.17) is 5.11 Å². The number of carboxylic acids is 1. The van der Waals surface area contributed by atoms with Crippen molar-refractivity contribution in [2.24, 2.45) is 0 Å². The van der Waals surface area contributed by atoms with Crippen LogP contribution >= 0.6 is 0 Å². The van der Waals surface area contributed by atoms with Gasteiger partial charge in [0.2, 0.25) is 11.8 Å². The second kappa shape index (κ2) is 5.64. The molecule has 0 fully saturated rings. The van der Waals surface area contributed by atoms with Crippen LogP contribution in [0.1, 0.15) is 23.8 Å². The lowest BCUT2D eigenvalue weighted by atomic mass is 10.3. The van der Waals surface area contributed by atoms with Crippen LogP contribution < -0.4 is 10.6 Å². The number of carbonyl (C=O) groups excluding carboxylic acids is 2. The zero-order valence-corrected chi connectivity index (χ0v) is 9.11. The first kappa shape index (κ1) is 12.7. The van der Waals surface area contributed by atoms with Crippen LogP contribution in [0.5, 0.6) is 0 Å². The molecular formula is C9H12N4O4. The standard InChI is InChI=1S/C9H12N4O4/c1-5(14)10-3-2-8(15)11-7-4-6(9(16)17)12-13-7/h4H,2-3H2,1H3,(H,10,14)(H,16,17)(H2,11,12,13,15). The second-order valence-electron chi connectivity index (χ2n) is 3.25. The lowest BCUT2D eigenvalue weighted by Crippen LogP contribution is -2.25. The minimum absolute atomic E-state index is 0.0921. The van der Waals surface area contributed by atoms with Crippen molar-refractivity contribution in [1.29, 1.82) is 0 Å². The van der Waals surface area contributed by atoms with E-state index in [1.165, 1.54) is 13.0 Å². The van der Waals surface area contributed by atoms with E-state index in [2.05, 4.69) is 20.8 Å². The van der Waals surface area contributed by atoms with Crippen LogP contribution in [0.15, 0.2) is 6.07 Å². The van der Waals surface area contributed by atoms with Crippen molar-refractivity contribution in [1.82, 2.24) is 15.5 Å². The molecule has 0 unspecified atom stereocenters. The van der Waals surface area contributed by atoms with E-state index in [1.54, 1.807) is 0 Å². The van der Waals surface area contributed by atoms with Crippen LogP contribution in [-0.2, 0) is 9.59 Å². The Balaban J connectivity index is 2.39. The topological polar surface area (TPSA) is 124 Å². The van der Waals surface area contributed by atoms with Crippen molar-refractivity contribution in [3.63, 3.8) is 0 Å². The number of aromatic amines is 1. The Hall–Kier alpha value is -2.38. The van der Waals surface area contributed by atoms with E-state index in [9.17, 15) is 14.4 Å². The summed E-state index contributed by atoms with van der Waals surface area (Å²) in [6, 6.07) is 1.21. The van der Waals surface area contributed by atoms with Gasteiger partial charge >= 0.3 is 5.97 Å². The molecule has 92 valence electrons. The van der Waals surface area contributed by atoms with E-state index in [-0.39, 0.29) is 36.3 Å². The molecule has 8 nitrogen and oxygen atoms in total. The average molecular weight is 240 g/mol. The highest BCUT2D eigenvalue weighted by Gasteiger charge is 2.09. The third kappa shape index (κ3) is 4.33. The first-order valence-corrected chi connectivity index (χ1v) is 4.82. The maximum Gasteiger partial charge on any atom is 0.353 e. The third-order valence-electron chi connectivity index (χ3n) is 1.80. The van der Waals surface area contributed by atoms with Gasteiger partial charge in [-0.1, -0.05) is 0 Å². The molecule has 8 heteroatoms. The number of rotatable bonds is 5. The summed E-state index contributed by atoms with van der Waals surface area (Å²) in [4.78, 5) is 32.4. The molecule has 1 rings (SSSR count). The SMILES string of the molecule is CC(=O)NCCC(=O)Nc1cc(C(=O)O)[nH]n1. The van der Waals surface area contributed by atoms with Crippen LogP contribution in [0.4, 0.5) is 5.82 Å². The highest BCUT2D eigenvalue weighted by atomic mass is 16.4. The molecule has 0 radical (unpaired) electrons. The monoisotopic (exact) mass is 240 g/mol. The molecule has 1 aromatic heterocycles. The van der Waals surface area contributed by atoms with Gasteiger partial charge in [0, 0.05) is 26.0 Å². The van der Waals surface area contributed by atoms with Gasteiger partial charge in [-0.15, -0.1) is 0 Å². The summed E-state index contributed by atoms with van der Waals surface area (Å²) in [7, 11) is 0. The first-order chi connectivity index (χ1) is 7.99. The summed E-state index contributed by atoms with van der Waals surface area (Å²) < 4.78 is 0. The van der Waals surface area contributed by atoms with Crippen molar-refractivity contribution in [3.8, 4) is 0 Å². The molecule has 4 N–H and O–H groups in total. The van der Waals surface area contributed by atoms with Crippen molar-refractivity contribution in [3.05, 3.63) is 11.8 Å². The Bertz CT molecular complexity index is 440. The average Bonchev–Trinajstić information content (AvgIpc) is 2.65. The summed E-state index contributed by atoms with van der Waals surface area (Å²) in [5.41, 5.74) is -0.109. The number of aromatic nitrogens is 2. The van der Waals surface area contributed by atoms with Crippen LogP contribution in [0.25, 0.3) is 0 Å². The predicted molar refractivity (Wildman–Crippen MR) is 57.5 cm³/mol. The Labute approximate surface area is 96.4 Å². The fourth-order valence-electron chi connectivity index (χ4n) is 1.05. The number of aromatic carboxylic acids is 1. The minimum atomic E-state index is -1.16. The highest BCUT2D eigenvalue weighted by molar-refractivity contribution is 5.92. The molecule has 0 saturated heterocycles. The summed E-state index contributed by atoms with van der Waals surface area (Å²) in [6.45, 7) is 1.57. The molecule has 0 spiro atoms. The molecule has 2 amide bonds. The summed E-state index contributed by atoms with van der Waals surface area (Å²) >= 11 is 0. The molecular weight excluding hydrogens is 228 g/mol. The Morgan fingerprint density at radius 1 is 1.47 bits per heavy atom. The van der Waals surface area contributed by atoms with Crippen LogP contribution in [0.2, 0.25) is 0 Å². The van der Waals surface area contributed by atoms with E-state index in [1.807, 2.05) is 0 Å². The molecule has 0 aliphatic carbocycles. The van der Waals surface area contributed by atoms with Crippen molar-refractivity contribution >= 4 is 23.6 Å². The van der Waals surface area contributed by atoms with E-state index >= 15 is 0 Å². The van der Waals surface area contributed by atoms with Gasteiger partial charge in [-0.2, -0.15) is 5.10 Å². The van der Waals surface area contributed by atoms with Gasteiger partial charge in [0.05, 0.1) is 0 Å². The number of anilines is 1. The van der Waals surface area contributed by atoms with Gasteiger partial charge in [0.25, 0.3) is 0 Å². The summed E-state index contributed by atoms with van der Waals surface area (Å²) in [5, 5.41) is 19.3. The molecule has 1 heterocycles. The number of nitrogens with one attached hydrogen (secondary N) is 3. The number of amides is 2. The number of hydrogen-bond donors (Lipinski definition) is 4. The molecule has 0 atom stereocenters. The second-order valence-corrected chi connectivity index (χ2v) is 3.25. The van der Waals surface area contributed by atoms with E-state index < -0.39 is 5.97 Å². The van der Waals surface area contributed by atoms with Gasteiger partial charge in [-0.05, 0) is 0 Å². The fourth-order valence-corrected chi connectivity index (χ4v) is 1.05. The van der Waals surface area contributed by atoms with Crippen LogP contribution in [0, 0.1) is 0 Å². The lowest BCUT2D eigenvalue weighted by molar-refractivity contribution is -0.119. The quantitative estimate of drug-likeness (QED) is 0.556. The molecule has 0 saturated carbocycles. The number of carboxylic acid groups (broad SMARTS) is 1. The number of H-pyrrole nitrogens is 1. The van der Waals surface area contributed by atoms with Crippen LogP contribution in [0.3, 0.4) is 0 Å². The zero-order valence-electron chi connectivity index (χ0n) is 9.11.